The lowest BCUT2D eigenvalue weighted by Crippen LogP contribution is -2.26. The van der Waals surface area contributed by atoms with Crippen molar-refractivity contribution in [2.45, 2.75) is 24.8 Å². The van der Waals surface area contributed by atoms with Gasteiger partial charge in [-0.3, -0.25) is 4.79 Å². The summed E-state index contributed by atoms with van der Waals surface area (Å²) in [5, 5.41) is 11.4. The Morgan fingerprint density at radius 2 is 1.74 bits per heavy atom. The highest BCUT2D eigenvalue weighted by atomic mass is 32.1. The fourth-order valence-corrected chi connectivity index (χ4v) is 5.21. The predicted octanol–water partition coefficient (Wildman–Crippen LogP) is 5.74. The average Bonchev–Trinajstić information content (AvgIpc) is 3.27. The number of carbonyl (C=O) groups excluding carboxylic acids is 1. The number of allylic oxidation sites excluding steroid dienone is 1. The van der Waals surface area contributed by atoms with Crippen molar-refractivity contribution in [3.63, 3.8) is 0 Å². The van der Waals surface area contributed by atoms with Crippen LogP contribution < -0.4 is 20.1 Å². The molecule has 0 spiro atoms. The second-order valence-electron chi connectivity index (χ2n) is 7.84. The highest BCUT2D eigenvalue weighted by Crippen LogP contribution is 2.45. The van der Waals surface area contributed by atoms with E-state index < -0.39 is 0 Å². The third-order valence-electron chi connectivity index (χ3n) is 6.06. The summed E-state index contributed by atoms with van der Waals surface area (Å²) in [5.41, 5.74) is 6.03. The molecule has 1 aliphatic heterocycles. The molecule has 0 saturated carbocycles. The standard InChI is InChI=1S/C25H24N2O3S/c1-29-22-8-7-15(13-23(22)30-2)17-11-20-24(21(28)12-17)25(16-9-10-31-14-16)27-19-6-4-3-5-18(19)26-20/h3-10,13-14,17,25-27H,11-12H2,1-2H3/t17-,25-/m1/s1. The van der Waals surface area contributed by atoms with E-state index in [1.165, 1.54) is 0 Å². The summed E-state index contributed by atoms with van der Waals surface area (Å²) in [7, 11) is 3.26. The van der Waals surface area contributed by atoms with Gasteiger partial charge in [-0.25, -0.2) is 0 Å². The summed E-state index contributed by atoms with van der Waals surface area (Å²) in [4.78, 5) is 13.5. The van der Waals surface area contributed by atoms with Gasteiger partial charge >= 0.3 is 0 Å². The molecule has 2 aliphatic rings. The van der Waals surface area contributed by atoms with Crippen LogP contribution in [0, 0.1) is 0 Å². The van der Waals surface area contributed by atoms with Gasteiger partial charge in [-0.2, -0.15) is 11.3 Å². The van der Waals surface area contributed by atoms with Crippen molar-refractivity contribution in [2.75, 3.05) is 24.9 Å². The van der Waals surface area contributed by atoms with Crippen molar-refractivity contribution >= 4 is 28.5 Å². The predicted molar refractivity (Wildman–Crippen MR) is 124 cm³/mol. The normalized spacial score (nSPS) is 20.1. The topological polar surface area (TPSA) is 59.6 Å². The first-order chi connectivity index (χ1) is 15.2. The van der Waals surface area contributed by atoms with Crippen molar-refractivity contribution in [3.8, 4) is 11.5 Å². The van der Waals surface area contributed by atoms with Crippen LogP contribution in [0.1, 0.15) is 35.9 Å². The smallest absolute Gasteiger partial charge is 0.163 e. The number of nitrogens with one attached hydrogen (secondary N) is 2. The molecule has 31 heavy (non-hydrogen) atoms. The number of ether oxygens (including phenoxy) is 2. The molecule has 158 valence electrons. The number of benzene rings is 2. The van der Waals surface area contributed by atoms with Gasteiger partial charge in [0.05, 0.1) is 31.6 Å². The first-order valence-corrected chi connectivity index (χ1v) is 11.2. The lowest BCUT2D eigenvalue weighted by Gasteiger charge is -2.29. The Hall–Kier alpha value is -3.25. The van der Waals surface area contributed by atoms with Crippen molar-refractivity contribution in [1.29, 1.82) is 0 Å². The van der Waals surface area contributed by atoms with E-state index in [0.717, 1.165) is 40.2 Å². The van der Waals surface area contributed by atoms with Gasteiger partial charge in [0.2, 0.25) is 0 Å². The zero-order valence-electron chi connectivity index (χ0n) is 17.5. The molecule has 2 N–H and O–H groups in total. The number of anilines is 2. The molecule has 2 atom stereocenters. The Morgan fingerprint density at radius 3 is 2.48 bits per heavy atom. The van der Waals surface area contributed by atoms with Crippen LogP contribution in [-0.4, -0.2) is 20.0 Å². The van der Waals surface area contributed by atoms with Crippen LogP contribution in [0.15, 0.2) is 70.6 Å². The van der Waals surface area contributed by atoms with Crippen molar-refractivity contribution in [2.24, 2.45) is 0 Å². The van der Waals surface area contributed by atoms with Crippen LogP contribution in [0.4, 0.5) is 11.4 Å². The maximum absolute atomic E-state index is 13.5. The Labute approximate surface area is 185 Å². The van der Waals surface area contributed by atoms with Gasteiger partial charge in [0, 0.05) is 17.7 Å². The molecule has 0 radical (unpaired) electrons. The summed E-state index contributed by atoms with van der Waals surface area (Å²) in [6, 6.07) is 16.0. The number of Topliss-reactive ketones (excluding diaryl/α,β-unsaturated/α-hetero) is 1. The van der Waals surface area contributed by atoms with Crippen molar-refractivity contribution < 1.29 is 14.3 Å². The Kier molecular flexibility index (Phi) is 5.16. The number of hydrogen-bond donors (Lipinski definition) is 2. The second-order valence-corrected chi connectivity index (χ2v) is 8.62. The molecule has 0 unspecified atom stereocenters. The van der Waals surface area contributed by atoms with E-state index in [4.69, 9.17) is 9.47 Å². The van der Waals surface area contributed by atoms with E-state index in [-0.39, 0.29) is 17.7 Å². The van der Waals surface area contributed by atoms with Crippen LogP contribution in [0.25, 0.3) is 0 Å². The molecule has 0 saturated heterocycles. The molecule has 1 aromatic heterocycles. The Bertz CT molecular complexity index is 1150. The minimum Gasteiger partial charge on any atom is -0.493 e. The maximum atomic E-state index is 13.5. The average molecular weight is 433 g/mol. The molecule has 3 aromatic rings. The van der Waals surface area contributed by atoms with Gasteiger partial charge in [-0.15, -0.1) is 0 Å². The fourth-order valence-electron chi connectivity index (χ4n) is 4.52. The first kappa shape index (κ1) is 19.7. The van der Waals surface area contributed by atoms with Crippen molar-refractivity contribution in [1.82, 2.24) is 0 Å². The van der Waals surface area contributed by atoms with E-state index in [1.54, 1.807) is 25.6 Å². The molecular weight excluding hydrogens is 408 g/mol. The highest BCUT2D eigenvalue weighted by molar-refractivity contribution is 7.08. The maximum Gasteiger partial charge on any atom is 0.163 e. The van der Waals surface area contributed by atoms with E-state index in [1.807, 2.05) is 36.4 Å². The zero-order valence-corrected chi connectivity index (χ0v) is 18.3. The SMILES string of the molecule is COc1ccc([C@H]2CC(=O)C3=C(C2)Nc2ccccc2N[C@@H]3c2ccsc2)cc1OC. The van der Waals surface area contributed by atoms with E-state index >= 15 is 0 Å². The minimum atomic E-state index is -0.156. The van der Waals surface area contributed by atoms with Gasteiger partial charge in [0.25, 0.3) is 0 Å². The molecule has 0 fully saturated rings. The fraction of sp³-hybridized carbons (Fsp3) is 0.240. The molecule has 2 heterocycles. The lowest BCUT2D eigenvalue weighted by molar-refractivity contribution is -0.116. The largest absolute Gasteiger partial charge is 0.493 e. The van der Waals surface area contributed by atoms with Crippen LogP contribution in [0.3, 0.4) is 0 Å². The zero-order chi connectivity index (χ0) is 21.4. The number of fused-ring (bicyclic) bond motifs is 1. The highest BCUT2D eigenvalue weighted by Gasteiger charge is 2.36. The number of ketones is 1. The number of para-hydroxylation sites is 2. The summed E-state index contributed by atoms with van der Waals surface area (Å²) >= 11 is 1.65. The molecule has 6 heteroatoms. The Balaban J connectivity index is 1.56. The quantitative estimate of drug-likeness (QED) is 0.550. The third-order valence-corrected chi connectivity index (χ3v) is 6.77. The number of thiophene rings is 1. The first-order valence-electron chi connectivity index (χ1n) is 10.3. The molecule has 0 bridgehead atoms. The summed E-state index contributed by atoms with van der Waals surface area (Å²) < 4.78 is 10.9. The summed E-state index contributed by atoms with van der Waals surface area (Å²) in [6.07, 6.45) is 1.22. The van der Waals surface area contributed by atoms with Crippen LogP contribution in [-0.2, 0) is 4.79 Å². The van der Waals surface area contributed by atoms with E-state index in [2.05, 4.69) is 33.5 Å². The minimum absolute atomic E-state index is 0.0759. The number of methoxy groups -OCH3 is 2. The van der Waals surface area contributed by atoms with Crippen LogP contribution >= 0.6 is 11.3 Å². The number of hydrogen-bond acceptors (Lipinski definition) is 6. The molecule has 1 aliphatic carbocycles. The van der Waals surface area contributed by atoms with Gasteiger partial charge in [0.15, 0.2) is 17.3 Å². The van der Waals surface area contributed by atoms with E-state index in [9.17, 15) is 4.79 Å². The molecule has 2 aromatic carbocycles. The summed E-state index contributed by atoms with van der Waals surface area (Å²) in [5.74, 6) is 1.62. The van der Waals surface area contributed by atoms with Gasteiger partial charge in [-0.1, -0.05) is 18.2 Å². The van der Waals surface area contributed by atoms with Crippen LogP contribution in [0.2, 0.25) is 0 Å². The van der Waals surface area contributed by atoms with E-state index in [0.29, 0.717) is 17.9 Å². The molecule has 5 nitrogen and oxygen atoms in total. The van der Waals surface area contributed by atoms with Crippen LogP contribution in [0.5, 0.6) is 11.5 Å². The van der Waals surface area contributed by atoms with Crippen molar-refractivity contribution in [3.05, 3.63) is 81.7 Å². The Morgan fingerprint density at radius 1 is 0.935 bits per heavy atom. The number of carbonyl (C=O) groups is 1. The lowest BCUT2D eigenvalue weighted by atomic mass is 9.79. The monoisotopic (exact) mass is 432 g/mol. The molecule has 0 amide bonds. The third kappa shape index (κ3) is 3.57. The number of rotatable bonds is 4. The second kappa shape index (κ2) is 8.12. The van der Waals surface area contributed by atoms with Gasteiger partial charge in [0.1, 0.15) is 0 Å². The van der Waals surface area contributed by atoms with Gasteiger partial charge < -0.3 is 20.1 Å². The molecular formula is C25H24N2O3S. The van der Waals surface area contributed by atoms with Gasteiger partial charge in [-0.05, 0) is 64.6 Å². The molecule has 5 rings (SSSR count). The summed E-state index contributed by atoms with van der Waals surface area (Å²) in [6.45, 7) is 0.